The molecule has 2 aromatic carbocycles. The molecular weight excluding hydrogens is 378 g/mol. The maximum Gasteiger partial charge on any atom is 0.135 e. The molecule has 7 heteroatoms. The molecule has 0 bridgehead atoms. The van der Waals surface area contributed by atoms with Gasteiger partial charge in [-0.1, -0.05) is 29.8 Å². The summed E-state index contributed by atoms with van der Waals surface area (Å²) in [5.74, 6) is 2.01. The van der Waals surface area contributed by atoms with Crippen molar-refractivity contribution in [2.24, 2.45) is 5.10 Å². The average molecular weight is 404 g/mol. The third-order valence-corrected chi connectivity index (χ3v) is 5.17. The molecule has 28 heavy (non-hydrogen) atoms. The topological polar surface area (TPSA) is 46.5 Å². The van der Waals surface area contributed by atoms with E-state index in [1.54, 1.807) is 27.5 Å². The number of hydrogen-bond donors (Lipinski definition) is 0. The number of halogens is 1. The Balaban J connectivity index is 1.63. The van der Waals surface area contributed by atoms with Crippen LogP contribution in [0.1, 0.15) is 11.1 Å². The average Bonchev–Trinajstić information content (AvgIpc) is 2.74. The van der Waals surface area contributed by atoms with Crippen molar-refractivity contribution >= 4 is 17.8 Å². The first-order valence-corrected chi connectivity index (χ1v) is 9.57. The molecule has 0 radical (unpaired) electrons. The fourth-order valence-electron chi connectivity index (χ4n) is 3.18. The molecular formula is C21H26ClN3O3. The molecule has 3 rings (SSSR count). The standard InChI is InChI=1S/C21H26ClN3O3/c1-26-17-12-20(27-2)18(21(13-17)28-3)14-23-25-10-8-24(9-11-25)15-16-6-4-5-7-19(16)22/h4-7,12-14H,8-11,15H2,1-3H3. The molecule has 1 heterocycles. The number of ether oxygens (including phenoxy) is 3. The Morgan fingerprint density at radius 2 is 1.61 bits per heavy atom. The Labute approximate surface area is 171 Å². The van der Waals surface area contributed by atoms with Gasteiger partial charge in [0.25, 0.3) is 0 Å². The van der Waals surface area contributed by atoms with Crippen molar-refractivity contribution < 1.29 is 14.2 Å². The van der Waals surface area contributed by atoms with Crippen LogP contribution in [0.5, 0.6) is 17.2 Å². The van der Waals surface area contributed by atoms with Crippen LogP contribution < -0.4 is 14.2 Å². The predicted octanol–water partition coefficient (Wildman–Crippen LogP) is 3.52. The van der Waals surface area contributed by atoms with E-state index in [1.165, 1.54) is 0 Å². The van der Waals surface area contributed by atoms with Crippen molar-refractivity contribution in [3.05, 3.63) is 52.5 Å². The first kappa shape index (κ1) is 20.3. The summed E-state index contributed by atoms with van der Waals surface area (Å²) in [5.41, 5.74) is 1.96. The highest BCUT2D eigenvalue weighted by atomic mass is 35.5. The summed E-state index contributed by atoms with van der Waals surface area (Å²) in [6.45, 7) is 4.42. The zero-order valence-corrected chi connectivity index (χ0v) is 17.3. The SMILES string of the molecule is COc1cc(OC)c(C=NN2CCN(Cc3ccccc3Cl)CC2)c(OC)c1. The summed E-state index contributed by atoms with van der Waals surface area (Å²) in [6.07, 6.45) is 1.79. The van der Waals surface area contributed by atoms with Crippen LogP contribution in [0.3, 0.4) is 0 Å². The molecule has 1 fully saturated rings. The third kappa shape index (κ3) is 4.88. The molecule has 0 N–H and O–H groups in total. The van der Waals surface area contributed by atoms with Crippen LogP contribution in [-0.4, -0.2) is 63.6 Å². The van der Waals surface area contributed by atoms with E-state index < -0.39 is 0 Å². The van der Waals surface area contributed by atoms with Crippen LogP contribution in [0.4, 0.5) is 0 Å². The summed E-state index contributed by atoms with van der Waals surface area (Å²) in [7, 11) is 4.86. The zero-order chi connectivity index (χ0) is 19.9. The van der Waals surface area contributed by atoms with E-state index in [0.29, 0.717) is 17.2 Å². The Bertz CT molecular complexity index is 795. The lowest BCUT2D eigenvalue weighted by atomic mass is 10.2. The minimum atomic E-state index is 0.664. The maximum atomic E-state index is 6.28. The number of benzene rings is 2. The van der Waals surface area contributed by atoms with Gasteiger partial charge in [-0.2, -0.15) is 5.10 Å². The van der Waals surface area contributed by atoms with Crippen LogP contribution in [0.2, 0.25) is 5.02 Å². The zero-order valence-electron chi connectivity index (χ0n) is 16.5. The molecule has 0 spiro atoms. The van der Waals surface area contributed by atoms with Crippen LogP contribution in [0.25, 0.3) is 0 Å². The van der Waals surface area contributed by atoms with E-state index in [-0.39, 0.29) is 0 Å². The monoisotopic (exact) mass is 403 g/mol. The van der Waals surface area contributed by atoms with Gasteiger partial charge in [-0.25, -0.2) is 0 Å². The minimum absolute atomic E-state index is 0.664. The van der Waals surface area contributed by atoms with Gasteiger partial charge >= 0.3 is 0 Å². The summed E-state index contributed by atoms with van der Waals surface area (Å²) >= 11 is 6.28. The summed E-state index contributed by atoms with van der Waals surface area (Å²) in [4.78, 5) is 2.39. The van der Waals surface area contributed by atoms with Gasteiger partial charge in [0, 0.05) is 49.9 Å². The first-order chi connectivity index (χ1) is 13.6. The smallest absolute Gasteiger partial charge is 0.135 e. The predicted molar refractivity (Wildman–Crippen MR) is 112 cm³/mol. The third-order valence-electron chi connectivity index (χ3n) is 4.80. The van der Waals surface area contributed by atoms with Crippen molar-refractivity contribution in [1.82, 2.24) is 9.91 Å². The Morgan fingerprint density at radius 1 is 0.964 bits per heavy atom. The highest BCUT2D eigenvalue weighted by Gasteiger charge is 2.17. The van der Waals surface area contributed by atoms with E-state index in [9.17, 15) is 0 Å². The van der Waals surface area contributed by atoms with Gasteiger partial charge in [-0.05, 0) is 11.6 Å². The van der Waals surface area contributed by atoms with Gasteiger partial charge in [0.2, 0.25) is 0 Å². The van der Waals surface area contributed by atoms with Crippen molar-refractivity contribution in [3.8, 4) is 17.2 Å². The highest BCUT2D eigenvalue weighted by Crippen LogP contribution is 2.32. The molecule has 2 aromatic rings. The van der Waals surface area contributed by atoms with Gasteiger partial charge in [-0.3, -0.25) is 9.91 Å². The van der Waals surface area contributed by atoms with E-state index >= 15 is 0 Å². The second-order valence-electron chi connectivity index (χ2n) is 6.51. The molecule has 1 aliphatic rings. The van der Waals surface area contributed by atoms with Gasteiger partial charge in [0.05, 0.1) is 33.1 Å². The van der Waals surface area contributed by atoms with E-state index in [0.717, 1.165) is 48.9 Å². The molecule has 0 aliphatic carbocycles. The van der Waals surface area contributed by atoms with Crippen LogP contribution in [-0.2, 0) is 6.54 Å². The van der Waals surface area contributed by atoms with Crippen molar-refractivity contribution in [1.29, 1.82) is 0 Å². The number of nitrogens with zero attached hydrogens (tertiary/aromatic N) is 3. The molecule has 0 amide bonds. The summed E-state index contributed by atoms with van der Waals surface area (Å²) in [5, 5.41) is 7.52. The van der Waals surface area contributed by atoms with Crippen molar-refractivity contribution in [2.45, 2.75) is 6.54 Å². The lowest BCUT2D eigenvalue weighted by molar-refractivity contribution is 0.131. The normalized spacial score (nSPS) is 15.1. The molecule has 0 unspecified atom stereocenters. The number of hydrogen-bond acceptors (Lipinski definition) is 6. The lowest BCUT2D eigenvalue weighted by Crippen LogP contribution is -2.43. The molecule has 150 valence electrons. The fraction of sp³-hybridized carbons (Fsp3) is 0.381. The summed E-state index contributed by atoms with van der Waals surface area (Å²) in [6, 6.07) is 11.6. The minimum Gasteiger partial charge on any atom is -0.496 e. The second kappa shape index (κ2) is 9.66. The first-order valence-electron chi connectivity index (χ1n) is 9.19. The number of hydrazone groups is 1. The number of rotatable bonds is 7. The molecule has 6 nitrogen and oxygen atoms in total. The Hall–Kier alpha value is -2.44. The summed E-state index contributed by atoms with van der Waals surface area (Å²) < 4.78 is 16.2. The second-order valence-corrected chi connectivity index (χ2v) is 6.92. The van der Waals surface area contributed by atoms with Crippen LogP contribution >= 0.6 is 11.6 Å². The van der Waals surface area contributed by atoms with E-state index in [1.807, 2.05) is 30.3 Å². The van der Waals surface area contributed by atoms with Gasteiger partial charge in [0.1, 0.15) is 17.2 Å². The quantitative estimate of drug-likeness (QED) is 0.662. The van der Waals surface area contributed by atoms with Crippen LogP contribution in [0, 0.1) is 0 Å². The largest absolute Gasteiger partial charge is 0.496 e. The lowest BCUT2D eigenvalue weighted by Gasteiger charge is -2.33. The fourth-order valence-corrected chi connectivity index (χ4v) is 3.37. The van der Waals surface area contributed by atoms with E-state index in [4.69, 9.17) is 25.8 Å². The molecule has 0 atom stereocenters. The van der Waals surface area contributed by atoms with Gasteiger partial charge < -0.3 is 14.2 Å². The molecule has 0 aromatic heterocycles. The number of piperazine rings is 1. The molecule has 1 saturated heterocycles. The molecule has 0 saturated carbocycles. The molecule has 1 aliphatic heterocycles. The van der Waals surface area contributed by atoms with Crippen molar-refractivity contribution in [2.75, 3.05) is 47.5 Å². The Morgan fingerprint density at radius 3 is 2.18 bits per heavy atom. The van der Waals surface area contributed by atoms with Gasteiger partial charge in [0.15, 0.2) is 0 Å². The highest BCUT2D eigenvalue weighted by molar-refractivity contribution is 6.31. The Kier molecular flexibility index (Phi) is 7.01. The van der Waals surface area contributed by atoms with Crippen LogP contribution in [0.15, 0.2) is 41.5 Å². The van der Waals surface area contributed by atoms with Gasteiger partial charge in [-0.15, -0.1) is 0 Å². The van der Waals surface area contributed by atoms with Crippen molar-refractivity contribution in [3.63, 3.8) is 0 Å². The van der Waals surface area contributed by atoms with E-state index in [2.05, 4.69) is 21.1 Å². The number of methoxy groups -OCH3 is 3. The maximum absolute atomic E-state index is 6.28.